The van der Waals surface area contributed by atoms with Crippen LogP contribution in [0.4, 0.5) is 0 Å². The molecule has 1 unspecified atom stereocenters. The summed E-state index contributed by atoms with van der Waals surface area (Å²) in [4.78, 5) is 12.6. The largest absolute Gasteiger partial charge is 0.350 e. The maximum Gasteiger partial charge on any atom is 0.251 e. The van der Waals surface area contributed by atoms with Crippen LogP contribution in [-0.4, -0.2) is 20.4 Å². The van der Waals surface area contributed by atoms with Crippen molar-refractivity contribution >= 4 is 15.7 Å². The number of carbonyl (C=O) groups is 1. The van der Waals surface area contributed by atoms with E-state index in [2.05, 4.69) is 19.2 Å². The lowest BCUT2D eigenvalue weighted by Gasteiger charge is -2.14. The Bertz CT molecular complexity index is 828. The number of nitrogens with one attached hydrogen (secondary N) is 1. The van der Waals surface area contributed by atoms with Crippen LogP contribution in [0.3, 0.4) is 0 Å². The summed E-state index contributed by atoms with van der Waals surface area (Å²) in [6, 6.07) is 15.3. The quantitative estimate of drug-likeness (QED) is 0.684. The van der Waals surface area contributed by atoms with Crippen LogP contribution in [0.25, 0.3) is 0 Å². The van der Waals surface area contributed by atoms with E-state index >= 15 is 0 Å². The van der Waals surface area contributed by atoms with Crippen molar-refractivity contribution in [2.45, 2.75) is 56.7 Å². The zero-order valence-electron chi connectivity index (χ0n) is 16.3. The van der Waals surface area contributed by atoms with Gasteiger partial charge in [0.25, 0.3) is 5.91 Å². The maximum atomic E-state index is 12.4. The SMILES string of the molecule is CC(C)CCCC(C)NC(=O)c1ccc(CS(=O)(=O)c2ccccc2)cc1. The molecule has 1 N–H and O–H groups in total. The van der Waals surface area contributed by atoms with Crippen molar-refractivity contribution in [1.29, 1.82) is 0 Å². The third-order valence-electron chi connectivity index (χ3n) is 4.47. The fourth-order valence-corrected chi connectivity index (χ4v) is 4.26. The van der Waals surface area contributed by atoms with Crippen LogP contribution in [0.15, 0.2) is 59.5 Å². The summed E-state index contributed by atoms with van der Waals surface area (Å²) in [5, 5.41) is 3.01. The van der Waals surface area contributed by atoms with Crippen molar-refractivity contribution in [2.24, 2.45) is 5.92 Å². The van der Waals surface area contributed by atoms with Gasteiger partial charge in [-0.25, -0.2) is 8.42 Å². The number of sulfone groups is 1. The Balaban J connectivity index is 1.93. The lowest BCUT2D eigenvalue weighted by atomic mass is 10.0. The van der Waals surface area contributed by atoms with Gasteiger partial charge in [-0.2, -0.15) is 0 Å². The smallest absolute Gasteiger partial charge is 0.251 e. The molecular weight excluding hydrogens is 358 g/mol. The van der Waals surface area contributed by atoms with Gasteiger partial charge in [0.05, 0.1) is 10.6 Å². The first kappa shape index (κ1) is 21.2. The van der Waals surface area contributed by atoms with Gasteiger partial charge < -0.3 is 5.32 Å². The molecule has 1 atom stereocenters. The van der Waals surface area contributed by atoms with Crippen molar-refractivity contribution < 1.29 is 13.2 Å². The van der Waals surface area contributed by atoms with Gasteiger partial charge in [0, 0.05) is 11.6 Å². The molecule has 0 aromatic heterocycles. The second kappa shape index (κ2) is 9.70. The number of hydrogen-bond donors (Lipinski definition) is 1. The average molecular weight is 388 g/mol. The molecule has 0 spiro atoms. The van der Waals surface area contributed by atoms with Gasteiger partial charge in [-0.1, -0.05) is 57.0 Å². The summed E-state index contributed by atoms with van der Waals surface area (Å²) in [6.45, 7) is 6.41. The molecule has 27 heavy (non-hydrogen) atoms. The summed E-state index contributed by atoms with van der Waals surface area (Å²) in [6.07, 6.45) is 3.21. The minimum atomic E-state index is -3.38. The Labute approximate surface area is 162 Å². The molecule has 0 aliphatic rings. The Morgan fingerprint density at radius 1 is 0.926 bits per heavy atom. The van der Waals surface area contributed by atoms with E-state index in [1.54, 1.807) is 54.6 Å². The zero-order valence-corrected chi connectivity index (χ0v) is 17.1. The molecule has 0 bridgehead atoms. The van der Waals surface area contributed by atoms with Crippen molar-refractivity contribution in [1.82, 2.24) is 5.32 Å². The van der Waals surface area contributed by atoms with Gasteiger partial charge in [-0.3, -0.25) is 4.79 Å². The molecule has 5 heteroatoms. The molecule has 0 saturated heterocycles. The predicted molar refractivity (Wildman–Crippen MR) is 109 cm³/mol. The molecule has 0 fully saturated rings. The van der Waals surface area contributed by atoms with Gasteiger partial charge in [0.15, 0.2) is 9.84 Å². The first-order chi connectivity index (χ1) is 12.8. The molecule has 0 saturated carbocycles. The highest BCUT2D eigenvalue weighted by molar-refractivity contribution is 7.90. The molecular formula is C22H29NO3S. The van der Waals surface area contributed by atoms with E-state index < -0.39 is 9.84 Å². The zero-order chi connectivity index (χ0) is 19.9. The highest BCUT2D eigenvalue weighted by Crippen LogP contribution is 2.17. The van der Waals surface area contributed by atoms with E-state index in [1.165, 1.54) is 0 Å². The normalized spacial score (nSPS) is 12.7. The van der Waals surface area contributed by atoms with E-state index in [0.29, 0.717) is 21.9 Å². The summed E-state index contributed by atoms with van der Waals surface area (Å²) < 4.78 is 24.9. The first-order valence-electron chi connectivity index (χ1n) is 9.45. The van der Waals surface area contributed by atoms with Crippen LogP contribution in [0.1, 0.15) is 56.0 Å². The van der Waals surface area contributed by atoms with E-state index in [4.69, 9.17) is 0 Å². The minimum absolute atomic E-state index is 0.0789. The number of hydrogen-bond acceptors (Lipinski definition) is 3. The van der Waals surface area contributed by atoms with Crippen LogP contribution >= 0.6 is 0 Å². The summed E-state index contributed by atoms with van der Waals surface area (Å²) in [5.41, 5.74) is 1.21. The molecule has 0 radical (unpaired) electrons. The van der Waals surface area contributed by atoms with Crippen LogP contribution in [-0.2, 0) is 15.6 Å². The lowest BCUT2D eigenvalue weighted by Crippen LogP contribution is -2.32. The standard InChI is InChI=1S/C22H29NO3S/c1-17(2)8-7-9-18(3)23-22(24)20-14-12-19(13-15-20)16-27(25,26)21-10-5-4-6-11-21/h4-6,10-15,17-18H,7-9,16H2,1-3H3,(H,23,24). The van der Waals surface area contributed by atoms with Crippen LogP contribution in [0, 0.1) is 5.92 Å². The van der Waals surface area contributed by atoms with Crippen molar-refractivity contribution in [2.75, 3.05) is 0 Å². The molecule has 146 valence electrons. The van der Waals surface area contributed by atoms with E-state index in [9.17, 15) is 13.2 Å². The Morgan fingerprint density at radius 2 is 1.56 bits per heavy atom. The molecule has 0 aliphatic heterocycles. The number of carbonyl (C=O) groups excluding carboxylic acids is 1. The van der Waals surface area contributed by atoms with Crippen molar-refractivity contribution in [3.63, 3.8) is 0 Å². The topological polar surface area (TPSA) is 63.2 Å². The summed E-state index contributed by atoms with van der Waals surface area (Å²) in [5.74, 6) is 0.474. The third-order valence-corrected chi connectivity index (χ3v) is 6.18. The highest BCUT2D eigenvalue weighted by Gasteiger charge is 2.15. The molecule has 2 rings (SSSR count). The Morgan fingerprint density at radius 3 is 2.15 bits per heavy atom. The monoisotopic (exact) mass is 387 g/mol. The average Bonchev–Trinajstić information content (AvgIpc) is 2.62. The maximum absolute atomic E-state index is 12.4. The molecule has 1 amide bonds. The molecule has 2 aromatic carbocycles. The van der Waals surface area contributed by atoms with Crippen molar-refractivity contribution in [3.05, 3.63) is 65.7 Å². The van der Waals surface area contributed by atoms with E-state index in [0.717, 1.165) is 19.3 Å². The van der Waals surface area contributed by atoms with Gasteiger partial charge in [0.1, 0.15) is 0 Å². The fourth-order valence-electron chi connectivity index (χ4n) is 2.89. The van der Waals surface area contributed by atoms with Crippen LogP contribution < -0.4 is 5.32 Å². The molecule has 2 aromatic rings. The van der Waals surface area contributed by atoms with Gasteiger partial charge in [-0.15, -0.1) is 0 Å². The van der Waals surface area contributed by atoms with Gasteiger partial charge in [0.2, 0.25) is 0 Å². The van der Waals surface area contributed by atoms with Crippen LogP contribution in [0.2, 0.25) is 0 Å². The predicted octanol–water partition coefficient (Wildman–Crippen LogP) is 4.61. The van der Waals surface area contributed by atoms with Gasteiger partial charge >= 0.3 is 0 Å². The second-order valence-corrected chi connectivity index (χ2v) is 9.46. The van der Waals surface area contributed by atoms with Crippen LogP contribution in [0.5, 0.6) is 0 Å². The Kier molecular flexibility index (Phi) is 7.60. The van der Waals surface area contributed by atoms with E-state index in [1.807, 2.05) is 6.92 Å². The first-order valence-corrected chi connectivity index (χ1v) is 11.1. The van der Waals surface area contributed by atoms with Crippen molar-refractivity contribution in [3.8, 4) is 0 Å². The summed E-state index contributed by atoms with van der Waals surface area (Å²) in [7, 11) is -3.38. The molecule has 0 heterocycles. The second-order valence-electron chi connectivity index (χ2n) is 7.47. The van der Waals surface area contributed by atoms with E-state index in [-0.39, 0.29) is 17.7 Å². The summed E-state index contributed by atoms with van der Waals surface area (Å²) >= 11 is 0. The molecule has 0 aliphatic carbocycles. The third kappa shape index (κ3) is 6.83. The Hall–Kier alpha value is -2.14. The lowest BCUT2D eigenvalue weighted by molar-refractivity contribution is 0.0937. The highest BCUT2D eigenvalue weighted by atomic mass is 32.2. The minimum Gasteiger partial charge on any atom is -0.350 e. The number of benzene rings is 2. The molecule has 4 nitrogen and oxygen atoms in total. The number of amides is 1. The number of rotatable bonds is 9. The fraction of sp³-hybridized carbons (Fsp3) is 0.409. The van der Waals surface area contributed by atoms with Gasteiger partial charge in [-0.05, 0) is 49.1 Å².